The summed E-state index contributed by atoms with van der Waals surface area (Å²) in [6.45, 7) is 15.7. The quantitative estimate of drug-likeness (QED) is 0.184. The third kappa shape index (κ3) is 14.4. The minimum Gasteiger partial charge on any atom is -0.488 e. The van der Waals surface area contributed by atoms with Crippen LogP contribution in [0.2, 0.25) is 0 Å². The number of nitrogens with zero attached hydrogens (tertiary/aromatic N) is 5. The van der Waals surface area contributed by atoms with Crippen molar-refractivity contribution in [2.75, 3.05) is 138 Å². The lowest BCUT2D eigenvalue weighted by Gasteiger charge is -2.40. The molecule has 0 aromatic heterocycles. The lowest BCUT2D eigenvalue weighted by Crippen LogP contribution is -2.43. The molecule has 0 aliphatic carbocycles. The lowest BCUT2D eigenvalue weighted by molar-refractivity contribution is 0.0126. The van der Waals surface area contributed by atoms with Gasteiger partial charge < -0.3 is 38.9 Å². The summed E-state index contributed by atoms with van der Waals surface area (Å²) in [5, 5.41) is 12.4. The molecule has 2 aliphatic rings. The van der Waals surface area contributed by atoms with Crippen LogP contribution in [0.5, 0.6) is 5.75 Å². The normalized spacial score (nSPS) is 21.9. The van der Waals surface area contributed by atoms with Crippen molar-refractivity contribution in [3.63, 3.8) is 0 Å². The van der Waals surface area contributed by atoms with Gasteiger partial charge in [0.2, 0.25) is 0 Å². The van der Waals surface area contributed by atoms with Crippen molar-refractivity contribution in [1.82, 2.24) is 19.6 Å². The molecule has 2 aliphatic heterocycles. The second kappa shape index (κ2) is 24.2. The maximum atomic E-state index is 15.8. The molecule has 1 saturated heterocycles. The van der Waals surface area contributed by atoms with Crippen LogP contribution in [-0.4, -0.2) is 172 Å². The Morgan fingerprint density at radius 2 is 1.36 bits per heavy atom. The van der Waals surface area contributed by atoms with Gasteiger partial charge in [-0.1, -0.05) is 45.6 Å². The van der Waals surface area contributed by atoms with Gasteiger partial charge in [0.25, 0.3) is 0 Å². The Bertz CT molecular complexity index is 1610. The summed E-state index contributed by atoms with van der Waals surface area (Å²) in [5.74, 6) is -1.34. The van der Waals surface area contributed by atoms with Crippen LogP contribution in [0.4, 0.5) is 10.1 Å². The molecule has 58 heavy (non-hydrogen) atoms. The molecule has 330 valence electrons. The SMILES string of the molecule is CCCCC1(CCCC)CS(=O)(=O)c2ccc(N(C)C)cc2[C@@H](c2ccc(OCCOCCOCCN3CCCN(C)CCN(C)CCCN(C)CC3)c(F)c2)[C@H]1O. The molecule has 0 saturated carbocycles. The van der Waals surface area contributed by atoms with Gasteiger partial charge in [0.1, 0.15) is 6.61 Å². The Labute approximate surface area is 350 Å². The molecule has 2 aromatic rings. The van der Waals surface area contributed by atoms with Gasteiger partial charge in [0.05, 0.1) is 43.2 Å². The fraction of sp³-hybridized carbons (Fsp3) is 0.733. The molecule has 2 atom stereocenters. The average molecular weight is 834 g/mol. The zero-order valence-electron chi connectivity index (χ0n) is 36.9. The fourth-order valence-electron chi connectivity index (χ4n) is 8.44. The Kier molecular flexibility index (Phi) is 20.1. The standard InChI is InChI=1S/C45H76FN5O6S/c1-8-10-18-45(19-11-9-2)36-58(53,54)42-17-15-38(47(3)4)35-39(42)43(44(45)52)37-14-16-41(40(46)34-37)57-33-32-56-31-30-55-29-28-51-23-13-22-49(6)25-24-48(5)20-12-21-50(7)26-27-51/h14-17,34-35,43-44,52H,8-13,18-33,36H2,1-7H3/t43-,44-/m1/s1. The first-order chi connectivity index (χ1) is 27.8. The predicted molar refractivity (Wildman–Crippen MR) is 234 cm³/mol. The van der Waals surface area contributed by atoms with E-state index in [0.717, 1.165) is 96.7 Å². The van der Waals surface area contributed by atoms with Gasteiger partial charge in [-0.15, -0.1) is 0 Å². The Balaban J connectivity index is 1.32. The molecule has 0 spiro atoms. The Hall–Kier alpha value is -2.36. The van der Waals surface area contributed by atoms with Crippen LogP contribution in [-0.2, 0) is 19.3 Å². The molecule has 0 unspecified atom stereocenters. The number of anilines is 1. The molecular weight excluding hydrogens is 758 g/mol. The number of sulfone groups is 1. The van der Waals surface area contributed by atoms with Gasteiger partial charge in [0.15, 0.2) is 21.4 Å². The number of aliphatic hydroxyl groups excluding tert-OH is 1. The van der Waals surface area contributed by atoms with E-state index in [0.29, 0.717) is 43.8 Å². The number of ether oxygens (including phenoxy) is 3. The highest BCUT2D eigenvalue weighted by Crippen LogP contribution is 2.50. The summed E-state index contributed by atoms with van der Waals surface area (Å²) >= 11 is 0. The van der Waals surface area contributed by atoms with Crippen LogP contribution in [0.15, 0.2) is 41.3 Å². The van der Waals surface area contributed by atoms with Crippen molar-refractivity contribution in [2.24, 2.45) is 5.41 Å². The molecule has 2 aromatic carbocycles. The van der Waals surface area contributed by atoms with Gasteiger partial charge in [0, 0.05) is 63.8 Å². The van der Waals surface area contributed by atoms with E-state index in [9.17, 15) is 13.5 Å². The molecule has 4 rings (SSSR count). The zero-order valence-corrected chi connectivity index (χ0v) is 37.7. The van der Waals surface area contributed by atoms with Crippen LogP contribution in [0.3, 0.4) is 0 Å². The van der Waals surface area contributed by atoms with E-state index < -0.39 is 33.1 Å². The molecule has 13 heteroatoms. The van der Waals surface area contributed by atoms with E-state index >= 15 is 4.39 Å². The maximum Gasteiger partial charge on any atom is 0.179 e. The van der Waals surface area contributed by atoms with Gasteiger partial charge in [-0.05, 0) is 114 Å². The zero-order chi connectivity index (χ0) is 42.1. The molecule has 0 bridgehead atoms. The number of fused-ring (bicyclic) bond motifs is 1. The third-order valence-corrected chi connectivity index (χ3v) is 14.1. The number of aliphatic hydroxyl groups is 1. The first kappa shape index (κ1) is 48.3. The van der Waals surface area contributed by atoms with E-state index in [1.54, 1.807) is 24.3 Å². The van der Waals surface area contributed by atoms with E-state index in [1.165, 1.54) is 12.5 Å². The Morgan fingerprint density at radius 3 is 1.97 bits per heavy atom. The van der Waals surface area contributed by atoms with Crippen LogP contribution in [0.1, 0.15) is 82.3 Å². The van der Waals surface area contributed by atoms with Crippen LogP contribution >= 0.6 is 0 Å². The summed E-state index contributed by atoms with van der Waals surface area (Å²) in [5.41, 5.74) is 0.990. The third-order valence-electron chi connectivity index (χ3n) is 12.1. The predicted octanol–water partition coefficient (Wildman–Crippen LogP) is 5.84. The highest BCUT2D eigenvalue weighted by atomic mass is 32.2. The summed E-state index contributed by atoms with van der Waals surface area (Å²) in [6.07, 6.45) is 5.80. The summed E-state index contributed by atoms with van der Waals surface area (Å²) in [6, 6.07) is 10.1. The van der Waals surface area contributed by atoms with Crippen molar-refractivity contribution >= 4 is 15.5 Å². The van der Waals surface area contributed by atoms with Gasteiger partial charge in [-0.3, -0.25) is 4.90 Å². The molecule has 11 nitrogen and oxygen atoms in total. The van der Waals surface area contributed by atoms with E-state index in [4.69, 9.17) is 14.2 Å². The van der Waals surface area contributed by atoms with Crippen LogP contribution < -0.4 is 9.64 Å². The van der Waals surface area contributed by atoms with Crippen molar-refractivity contribution in [3.8, 4) is 5.75 Å². The molecule has 1 N–H and O–H groups in total. The van der Waals surface area contributed by atoms with Gasteiger partial charge >= 0.3 is 0 Å². The van der Waals surface area contributed by atoms with Crippen LogP contribution in [0.25, 0.3) is 0 Å². The number of unbranched alkanes of at least 4 members (excludes halogenated alkanes) is 2. The minimum absolute atomic E-state index is 0.0891. The van der Waals surface area contributed by atoms with E-state index in [2.05, 4.69) is 54.6 Å². The highest BCUT2D eigenvalue weighted by Gasteiger charge is 2.49. The molecule has 2 heterocycles. The van der Waals surface area contributed by atoms with Crippen molar-refractivity contribution in [2.45, 2.75) is 82.1 Å². The average Bonchev–Trinajstić information content (AvgIpc) is 3.26. The smallest absolute Gasteiger partial charge is 0.179 e. The summed E-state index contributed by atoms with van der Waals surface area (Å²) in [7, 11) is 6.69. The fourth-order valence-corrected chi connectivity index (χ4v) is 10.6. The maximum absolute atomic E-state index is 15.8. The first-order valence-electron chi connectivity index (χ1n) is 21.9. The van der Waals surface area contributed by atoms with Gasteiger partial charge in [-0.25, -0.2) is 12.8 Å². The Morgan fingerprint density at radius 1 is 0.776 bits per heavy atom. The van der Waals surface area contributed by atoms with E-state index in [1.807, 2.05) is 25.1 Å². The highest BCUT2D eigenvalue weighted by molar-refractivity contribution is 7.91. The number of hydrogen-bond donors (Lipinski definition) is 1. The minimum atomic E-state index is -3.75. The number of benzene rings is 2. The van der Waals surface area contributed by atoms with Crippen molar-refractivity contribution in [1.29, 1.82) is 0 Å². The summed E-state index contributed by atoms with van der Waals surface area (Å²) < 4.78 is 61.6. The van der Waals surface area contributed by atoms with Gasteiger partial charge in [-0.2, -0.15) is 0 Å². The first-order valence-corrected chi connectivity index (χ1v) is 23.5. The number of rotatable bonds is 18. The second-order valence-electron chi connectivity index (χ2n) is 17.1. The monoisotopic (exact) mass is 834 g/mol. The second-order valence-corrected chi connectivity index (χ2v) is 19.0. The van der Waals surface area contributed by atoms with Crippen molar-refractivity contribution in [3.05, 3.63) is 53.3 Å². The number of halogens is 1. The summed E-state index contributed by atoms with van der Waals surface area (Å²) in [4.78, 5) is 11.9. The van der Waals surface area contributed by atoms with E-state index in [-0.39, 0.29) is 29.6 Å². The molecule has 0 radical (unpaired) electrons. The molecule has 1 fully saturated rings. The van der Waals surface area contributed by atoms with Crippen molar-refractivity contribution < 1.29 is 32.1 Å². The lowest BCUT2D eigenvalue weighted by atomic mass is 9.68. The molecular formula is C45H76FN5O6S. The topological polar surface area (TPSA) is 98.3 Å². The number of hydrogen-bond acceptors (Lipinski definition) is 11. The number of likely N-dealkylation sites (N-methyl/N-ethyl adjacent to an activating group) is 3. The van der Waals surface area contributed by atoms with Crippen LogP contribution in [0, 0.1) is 11.2 Å². The molecule has 0 amide bonds. The largest absolute Gasteiger partial charge is 0.488 e.